The molecular formula is C14H14F3N3. The number of nitrogens with zero attached hydrogens (tertiary/aromatic N) is 1. The molecule has 0 aliphatic rings. The standard InChI is InChI=1S/C14H14F3N3/c1-2-6-18-12-4-3-5-13(20-12)19-9-7-10(15)14(17)11(16)8-9/h3-5,7-8H,2,6H2,1H3,(H2,18,19,20). The molecule has 2 aromatic rings. The maximum absolute atomic E-state index is 13.1. The van der Waals surface area contributed by atoms with Gasteiger partial charge in [-0.15, -0.1) is 0 Å². The van der Waals surface area contributed by atoms with Crippen LogP contribution in [-0.4, -0.2) is 11.5 Å². The minimum Gasteiger partial charge on any atom is -0.370 e. The van der Waals surface area contributed by atoms with E-state index >= 15 is 0 Å². The summed E-state index contributed by atoms with van der Waals surface area (Å²) in [5, 5.41) is 5.82. The van der Waals surface area contributed by atoms with E-state index in [2.05, 4.69) is 15.6 Å². The highest BCUT2D eigenvalue weighted by Gasteiger charge is 2.10. The minimum atomic E-state index is -1.48. The first kappa shape index (κ1) is 14.2. The van der Waals surface area contributed by atoms with Crippen LogP contribution in [0.3, 0.4) is 0 Å². The van der Waals surface area contributed by atoms with Gasteiger partial charge < -0.3 is 10.6 Å². The van der Waals surface area contributed by atoms with E-state index in [0.717, 1.165) is 25.1 Å². The number of aromatic nitrogens is 1. The Labute approximate surface area is 114 Å². The van der Waals surface area contributed by atoms with E-state index < -0.39 is 17.5 Å². The van der Waals surface area contributed by atoms with Crippen molar-refractivity contribution in [3.8, 4) is 0 Å². The molecule has 0 atom stereocenters. The molecule has 3 nitrogen and oxygen atoms in total. The first-order valence-electron chi connectivity index (χ1n) is 6.22. The number of hydrogen-bond donors (Lipinski definition) is 2. The van der Waals surface area contributed by atoms with Crippen LogP contribution < -0.4 is 10.6 Å². The number of pyridine rings is 1. The largest absolute Gasteiger partial charge is 0.370 e. The van der Waals surface area contributed by atoms with E-state index in [1.807, 2.05) is 6.92 Å². The Bertz CT molecular complexity index is 579. The predicted molar refractivity (Wildman–Crippen MR) is 72.6 cm³/mol. The zero-order valence-corrected chi connectivity index (χ0v) is 10.9. The van der Waals surface area contributed by atoms with E-state index in [1.54, 1.807) is 18.2 Å². The second-order valence-corrected chi connectivity index (χ2v) is 4.21. The molecule has 1 aromatic carbocycles. The molecule has 0 amide bonds. The molecule has 0 spiro atoms. The Kier molecular flexibility index (Phi) is 4.45. The Hall–Kier alpha value is -2.24. The average Bonchev–Trinajstić information content (AvgIpc) is 2.43. The van der Waals surface area contributed by atoms with Crippen LogP contribution in [0.15, 0.2) is 30.3 Å². The molecule has 0 radical (unpaired) electrons. The fraction of sp³-hybridized carbons (Fsp3) is 0.214. The third kappa shape index (κ3) is 3.40. The van der Waals surface area contributed by atoms with Gasteiger partial charge in [-0.2, -0.15) is 0 Å². The lowest BCUT2D eigenvalue weighted by molar-refractivity contribution is 0.448. The molecular weight excluding hydrogens is 267 g/mol. The maximum atomic E-state index is 13.1. The lowest BCUT2D eigenvalue weighted by Gasteiger charge is -2.09. The number of anilines is 3. The highest BCUT2D eigenvalue weighted by molar-refractivity contribution is 5.58. The molecule has 0 bridgehead atoms. The number of halogens is 3. The highest BCUT2D eigenvalue weighted by atomic mass is 19.2. The molecule has 0 unspecified atom stereocenters. The summed E-state index contributed by atoms with van der Waals surface area (Å²) in [6.45, 7) is 2.80. The van der Waals surface area contributed by atoms with Gasteiger partial charge in [0.15, 0.2) is 17.5 Å². The fourth-order valence-corrected chi connectivity index (χ4v) is 1.63. The van der Waals surface area contributed by atoms with E-state index in [0.29, 0.717) is 11.6 Å². The third-order valence-corrected chi connectivity index (χ3v) is 2.56. The van der Waals surface area contributed by atoms with Crippen molar-refractivity contribution >= 4 is 17.3 Å². The van der Waals surface area contributed by atoms with Crippen molar-refractivity contribution in [2.24, 2.45) is 0 Å². The van der Waals surface area contributed by atoms with E-state index in [-0.39, 0.29) is 5.69 Å². The number of hydrogen-bond acceptors (Lipinski definition) is 3. The van der Waals surface area contributed by atoms with Gasteiger partial charge in [-0.1, -0.05) is 13.0 Å². The van der Waals surface area contributed by atoms with Crippen molar-refractivity contribution in [2.45, 2.75) is 13.3 Å². The summed E-state index contributed by atoms with van der Waals surface area (Å²) >= 11 is 0. The SMILES string of the molecule is CCCNc1cccc(Nc2cc(F)c(F)c(F)c2)n1. The quantitative estimate of drug-likeness (QED) is 0.811. The molecule has 20 heavy (non-hydrogen) atoms. The van der Waals surface area contributed by atoms with Gasteiger partial charge in [0, 0.05) is 24.4 Å². The van der Waals surface area contributed by atoms with Gasteiger partial charge in [-0.05, 0) is 18.6 Å². The Morgan fingerprint density at radius 1 is 1.05 bits per heavy atom. The summed E-state index contributed by atoms with van der Waals surface area (Å²) < 4.78 is 39.1. The Morgan fingerprint density at radius 3 is 2.35 bits per heavy atom. The van der Waals surface area contributed by atoms with Gasteiger partial charge in [0.25, 0.3) is 0 Å². The summed E-state index contributed by atoms with van der Waals surface area (Å²) in [5.41, 5.74) is 0.0986. The first-order chi connectivity index (χ1) is 9.60. The fourth-order valence-electron chi connectivity index (χ4n) is 1.63. The van der Waals surface area contributed by atoms with Crippen LogP contribution in [0.1, 0.15) is 13.3 Å². The van der Waals surface area contributed by atoms with Crippen LogP contribution in [-0.2, 0) is 0 Å². The molecule has 0 aliphatic heterocycles. The number of nitrogens with one attached hydrogen (secondary N) is 2. The van der Waals surface area contributed by atoms with Crippen LogP contribution in [0.2, 0.25) is 0 Å². The first-order valence-corrected chi connectivity index (χ1v) is 6.22. The lowest BCUT2D eigenvalue weighted by atomic mass is 10.3. The topological polar surface area (TPSA) is 37.0 Å². The molecule has 1 aromatic heterocycles. The van der Waals surface area contributed by atoms with Gasteiger partial charge in [0.05, 0.1) is 0 Å². The van der Waals surface area contributed by atoms with E-state index in [4.69, 9.17) is 0 Å². The number of rotatable bonds is 5. The Morgan fingerprint density at radius 2 is 1.70 bits per heavy atom. The molecule has 1 heterocycles. The van der Waals surface area contributed by atoms with Gasteiger partial charge in [-0.3, -0.25) is 0 Å². The van der Waals surface area contributed by atoms with Crippen LogP contribution >= 0.6 is 0 Å². The lowest BCUT2D eigenvalue weighted by Crippen LogP contribution is -2.03. The smallest absolute Gasteiger partial charge is 0.194 e. The van der Waals surface area contributed by atoms with Crippen molar-refractivity contribution in [1.29, 1.82) is 0 Å². The van der Waals surface area contributed by atoms with Crippen molar-refractivity contribution in [1.82, 2.24) is 4.98 Å². The third-order valence-electron chi connectivity index (χ3n) is 2.56. The van der Waals surface area contributed by atoms with Crippen molar-refractivity contribution in [3.63, 3.8) is 0 Å². The summed E-state index contributed by atoms with van der Waals surface area (Å²) in [6.07, 6.45) is 0.952. The van der Waals surface area contributed by atoms with E-state index in [9.17, 15) is 13.2 Å². The Balaban J connectivity index is 2.17. The van der Waals surface area contributed by atoms with Gasteiger partial charge in [0.2, 0.25) is 0 Å². The zero-order valence-electron chi connectivity index (χ0n) is 10.9. The summed E-state index contributed by atoms with van der Waals surface area (Å²) in [4.78, 5) is 4.23. The molecule has 0 saturated carbocycles. The van der Waals surface area contributed by atoms with Gasteiger partial charge in [0.1, 0.15) is 11.6 Å². The van der Waals surface area contributed by atoms with Gasteiger partial charge in [-0.25, -0.2) is 18.2 Å². The molecule has 0 aliphatic carbocycles. The second-order valence-electron chi connectivity index (χ2n) is 4.21. The summed E-state index contributed by atoms with van der Waals surface area (Å²) in [7, 11) is 0. The highest BCUT2D eigenvalue weighted by Crippen LogP contribution is 2.21. The van der Waals surface area contributed by atoms with Crippen LogP contribution in [0.5, 0.6) is 0 Å². The summed E-state index contributed by atoms with van der Waals surface area (Å²) in [5.74, 6) is -2.90. The van der Waals surface area contributed by atoms with Crippen molar-refractivity contribution < 1.29 is 13.2 Å². The maximum Gasteiger partial charge on any atom is 0.194 e. The van der Waals surface area contributed by atoms with Crippen molar-refractivity contribution in [3.05, 3.63) is 47.8 Å². The predicted octanol–water partition coefficient (Wildman–Crippen LogP) is 4.06. The van der Waals surface area contributed by atoms with Crippen LogP contribution in [0.4, 0.5) is 30.5 Å². The summed E-state index contributed by atoms with van der Waals surface area (Å²) in [6, 6.07) is 6.95. The molecule has 6 heteroatoms. The van der Waals surface area contributed by atoms with Crippen LogP contribution in [0.25, 0.3) is 0 Å². The van der Waals surface area contributed by atoms with E-state index in [1.165, 1.54) is 0 Å². The zero-order chi connectivity index (χ0) is 14.5. The number of benzene rings is 1. The molecule has 2 rings (SSSR count). The monoisotopic (exact) mass is 281 g/mol. The molecule has 0 fully saturated rings. The average molecular weight is 281 g/mol. The second kappa shape index (κ2) is 6.27. The molecule has 2 N–H and O–H groups in total. The molecule has 106 valence electrons. The minimum absolute atomic E-state index is 0.0986. The van der Waals surface area contributed by atoms with Crippen molar-refractivity contribution in [2.75, 3.05) is 17.2 Å². The van der Waals surface area contributed by atoms with Crippen LogP contribution in [0, 0.1) is 17.5 Å². The molecule has 0 saturated heterocycles. The van der Waals surface area contributed by atoms with Gasteiger partial charge >= 0.3 is 0 Å². The normalized spacial score (nSPS) is 10.4.